The van der Waals surface area contributed by atoms with Gasteiger partial charge >= 0.3 is 5.97 Å². The van der Waals surface area contributed by atoms with E-state index in [0.29, 0.717) is 27.7 Å². The van der Waals surface area contributed by atoms with Crippen LogP contribution in [-0.4, -0.2) is 22.9 Å². The predicted molar refractivity (Wildman–Crippen MR) is 108 cm³/mol. The van der Waals surface area contributed by atoms with Gasteiger partial charge in [-0.15, -0.1) is 11.3 Å². The van der Waals surface area contributed by atoms with Gasteiger partial charge in [0.25, 0.3) is 5.91 Å². The number of hydrogen-bond acceptors (Lipinski definition) is 4. The minimum atomic E-state index is -0.939. The summed E-state index contributed by atoms with van der Waals surface area (Å²) < 4.78 is 0. The maximum absolute atomic E-state index is 12.8. The Morgan fingerprint density at radius 2 is 1.78 bits per heavy atom. The molecule has 0 aliphatic carbocycles. The zero-order valence-corrected chi connectivity index (χ0v) is 16.7. The number of hydrogen-bond donors (Lipinski definition) is 3. The molecule has 1 aromatic carbocycles. The molecular formula is C19H21ClN2O4S. The summed E-state index contributed by atoms with van der Waals surface area (Å²) in [5.74, 6) is -1.55. The highest BCUT2D eigenvalue weighted by Gasteiger charge is 2.22. The molecule has 0 radical (unpaired) electrons. The average Bonchev–Trinajstić information content (AvgIpc) is 2.91. The summed E-state index contributed by atoms with van der Waals surface area (Å²) in [6.45, 7) is 3.86. The van der Waals surface area contributed by atoms with Crippen molar-refractivity contribution in [2.24, 2.45) is 0 Å². The number of carbonyl (C=O) groups is 3. The van der Waals surface area contributed by atoms with Gasteiger partial charge < -0.3 is 15.7 Å². The van der Waals surface area contributed by atoms with Crippen LogP contribution in [0.25, 0.3) is 0 Å². The number of anilines is 2. The van der Waals surface area contributed by atoms with Crippen LogP contribution in [0.15, 0.2) is 24.3 Å². The SMILES string of the molecule is CCc1c(C)sc(NC(=O)CCCC(=O)O)c1C(=O)Nc1ccc(Cl)cc1. The number of carboxylic acid groups (broad SMARTS) is 1. The summed E-state index contributed by atoms with van der Waals surface area (Å²) in [6, 6.07) is 6.77. The van der Waals surface area contributed by atoms with Gasteiger partial charge in [0.1, 0.15) is 5.00 Å². The van der Waals surface area contributed by atoms with Crippen LogP contribution in [0, 0.1) is 6.92 Å². The zero-order valence-electron chi connectivity index (χ0n) is 15.1. The molecule has 8 heteroatoms. The van der Waals surface area contributed by atoms with Crippen LogP contribution in [0.1, 0.15) is 47.0 Å². The number of thiophene rings is 1. The Morgan fingerprint density at radius 3 is 2.37 bits per heavy atom. The fraction of sp³-hybridized carbons (Fsp3) is 0.316. The van der Waals surface area contributed by atoms with Crippen molar-refractivity contribution in [3.05, 3.63) is 45.3 Å². The fourth-order valence-electron chi connectivity index (χ4n) is 2.65. The molecule has 1 heterocycles. The number of halogens is 1. The van der Waals surface area contributed by atoms with Crippen molar-refractivity contribution in [1.29, 1.82) is 0 Å². The number of aryl methyl sites for hydroxylation is 1. The van der Waals surface area contributed by atoms with E-state index < -0.39 is 5.97 Å². The van der Waals surface area contributed by atoms with E-state index in [2.05, 4.69) is 10.6 Å². The third kappa shape index (κ3) is 5.80. The molecule has 0 bridgehead atoms. The molecule has 0 atom stereocenters. The Kier molecular flexibility index (Phi) is 7.38. The quantitative estimate of drug-likeness (QED) is 0.589. The molecule has 0 saturated carbocycles. The minimum absolute atomic E-state index is 0.0684. The first-order valence-electron chi connectivity index (χ1n) is 8.52. The summed E-state index contributed by atoms with van der Waals surface area (Å²) in [6.07, 6.45) is 0.920. The molecule has 0 unspecified atom stereocenters. The molecule has 0 spiro atoms. The lowest BCUT2D eigenvalue weighted by Gasteiger charge is -2.10. The molecule has 0 fully saturated rings. The predicted octanol–water partition coefficient (Wildman–Crippen LogP) is 4.72. The molecule has 6 nitrogen and oxygen atoms in total. The maximum atomic E-state index is 12.8. The minimum Gasteiger partial charge on any atom is -0.481 e. The first-order valence-corrected chi connectivity index (χ1v) is 9.72. The lowest BCUT2D eigenvalue weighted by atomic mass is 10.1. The maximum Gasteiger partial charge on any atom is 0.303 e. The van der Waals surface area contributed by atoms with E-state index >= 15 is 0 Å². The van der Waals surface area contributed by atoms with Crippen LogP contribution in [0.4, 0.5) is 10.7 Å². The third-order valence-corrected chi connectivity index (χ3v) is 5.25. The topological polar surface area (TPSA) is 95.5 Å². The number of rotatable bonds is 8. The molecule has 2 rings (SSSR count). The Balaban J connectivity index is 2.18. The fourth-order valence-corrected chi connectivity index (χ4v) is 3.93. The molecular weight excluding hydrogens is 388 g/mol. The average molecular weight is 409 g/mol. The van der Waals surface area contributed by atoms with E-state index in [4.69, 9.17) is 16.7 Å². The molecule has 0 saturated heterocycles. The van der Waals surface area contributed by atoms with Crippen LogP contribution in [0.2, 0.25) is 5.02 Å². The first kappa shape index (κ1) is 20.9. The van der Waals surface area contributed by atoms with Gasteiger partial charge in [-0.25, -0.2) is 0 Å². The second-order valence-electron chi connectivity index (χ2n) is 5.95. The van der Waals surface area contributed by atoms with Gasteiger partial charge in [0.2, 0.25) is 5.91 Å². The summed E-state index contributed by atoms with van der Waals surface area (Å²) in [7, 11) is 0. The number of amides is 2. The highest BCUT2D eigenvalue weighted by Crippen LogP contribution is 2.34. The Morgan fingerprint density at radius 1 is 1.11 bits per heavy atom. The number of aliphatic carboxylic acids is 1. The largest absolute Gasteiger partial charge is 0.481 e. The summed E-state index contributed by atoms with van der Waals surface area (Å²) in [4.78, 5) is 36.5. The van der Waals surface area contributed by atoms with E-state index in [1.165, 1.54) is 11.3 Å². The summed E-state index contributed by atoms with van der Waals surface area (Å²) >= 11 is 7.21. The molecule has 3 N–H and O–H groups in total. The van der Waals surface area contributed by atoms with Gasteiger partial charge in [-0.1, -0.05) is 18.5 Å². The van der Waals surface area contributed by atoms with E-state index in [9.17, 15) is 14.4 Å². The van der Waals surface area contributed by atoms with Gasteiger partial charge in [0, 0.05) is 28.4 Å². The van der Waals surface area contributed by atoms with Crippen LogP contribution in [0.5, 0.6) is 0 Å². The molecule has 1 aromatic heterocycles. The van der Waals surface area contributed by atoms with Crippen LogP contribution in [-0.2, 0) is 16.0 Å². The zero-order chi connectivity index (χ0) is 20.0. The van der Waals surface area contributed by atoms with Crippen molar-refractivity contribution in [2.45, 2.75) is 39.5 Å². The van der Waals surface area contributed by atoms with Crippen LogP contribution < -0.4 is 10.6 Å². The van der Waals surface area contributed by atoms with Crippen molar-refractivity contribution >= 4 is 51.4 Å². The molecule has 144 valence electrons. The third-order valence-electron chi connectivity index (χ3n) is 3.94. The monoisotopic (exact) mass is 408 g/mol. The van der Waals surface area contributed by atoms with Crippen molar-refractivity contribution in [1.82, 2.24) is 0 Å². The Bertz CT molecular complexity index is 846. The molecule has 0 aliphatic rings. The highest BCUT2D eigenvalue weighted by molar-refractivity contribution is 7.16. The highest BCUT2D eigenvalue weighted by atomic mass is 35.5. The number of carbonyl (C=O) groups excluding carboxylic acids is 2. The number of carboxylic acids is 1. The van der Waals surface area contributed by atoms with Gasteiger partial charge in [-0.05, 0) is 49.6 Å². The van der Waals surface area contributed by atoms with E-state index in [1.54, 1.807) is 24.3 Å². The lowest BCUT2D eigenvalue weighted by Crippen LogP contribution is -2.18. The number of nitrogens with one attached hydrogen (secondary N) is 2. The van der Waals surface area contributed by atoms with E-state index in [-0.39, 0.29) is 31.1 Å². The molecule has 2 amide bonds. The van der Waals surface area contributed by atoms with Gasteiger partial charge in [-0.2, -0.15) is 0 Å². The van der Waals surface area contributed by atoms with Gasteiger partial charge in [0.15, 0.2) is 0 Å². The first-order chi connectivity index (χ1) is 12.8. The van der Waals surface area contributed by atoms with Gasteiger partial charge in [0.05, 0.1) is 5.56 Å². The molecule has 2 aromatic rings. The Hall–Kier alpha value is -2.38. The van der Waals surface area contributed by atoms with Crippen molar-refractivity contribution in [3.8, 4) is 0 Å². The lowest BCUT2D eigenvalue weighted by molar-refractivity contribution is -0.137. The summed E-state index contributed by atoms with van der Waals surface area (Å²) in [5.41, 5.74) is 1.93. The normalized spacial score (nSPS) is 10.5. The standard InChI is InChI=1S/C19H21ClN2O4S/c1-3-14-11(2)27-19(22-15(23)5-4-6-16(24)25)17(14)18(26)21-13-9-7-12(20)8-10-13/h7-10H,3-6H2,1-2H3,(H,21,26)(H,22,23)(H,24,25). The summed E-state index contributed by atoms with van der Waals surface area (Å²) in [5, 5.41) is 15.3. The van der Waals surface area contributed by atoms with E-state index in [1.807, 2.05) is 13.8 Å². The smallest absolute Gasteiger partial charge is 0.303 e. The van der Waals surface area contributed by atoms with Crippen LogP contribution in [0.3, 0.4) is 0 Å². The van der Waals surface area contributed by atoms with Crippen LogP contribution >= 0.6 is 22.9 Å². The van der Waals surface area contributed by atoms with Crippen molar-refractivity contribution in [2.75, 3.05) is 10.6 Å². The van der Waals surface area contributed by atoms with E-state index in [0.717, 1.165) is 10.4 Å². The number of benzene rings is 1. The van der Waals surface area contributed by atoms with Gasteiger partial charge in [-0.3, -0.25) is 14.4 Å². The molecule has 27 heavy (non-hydrogen) atoms. The Labute approximate surface area is 166 Å². The van der Waals surface area contributed by atoms with Crippen molar-refractivity contribution < 1.29 is 19.5 Å². The van der Waals surface area contributed by atoms with Crippen molar-refractivity contribution in [3.63, 3.8) is 0 Å². The molecule has 0 aliphatic heterocycles. The second-order valence-corrected chi connectivity index (χ2v) is 7.61. The second kappa shape index (κ2) is 9.53.